The number of nitrogens with zero attached hydrogens (tertiary/aromatic N) is 2. The average molecular weight is 339 g/mol. The van der Waals surface area contributed by atoms with Crippen LogP contribution in [0.5, 0.6) is 0 Å². The SMILES string of the molecule is [C-]#[N+]C(C)(C)CN1CC2(CCC(CC)(c3ccccc3)CC2)NC1=O. The molecule has 134 valence electrons. The molecule has 0 atom stereocenters. The fourth-order valence-electron chi connectivity index (χ4n) is 4.54. The zero-order valence-corrected chi connectivity index (χ0v) is 15.6. The van der Waals surface area contributed by atoms with Crippen LogP contribution in [-0.2, 0) is 5.41 Å². The number of benzene rings is 1. The standard InChI is InChI=1S/C21H29N3O/c1-5-20(17-9-7-6-8-10-17)11-13-21(14-12-20)16-24(18(25)23-21)15-19(2,3)22-4/h6-10H,5,11-16H2,1-3H3,(H,23,25). The lowest BCUT2D eigenvalue weighted by atomic mass is 9.63. The first-order chi connectivity index (χ1) is 11.8. The molecule has 4 heteroatoms. The van der Waals surface area contributed by atoms with Crippen LogP contribution in [0, 0.1) is 6.57 Å². The van der Waals surface area contributed by atoms with Crippen molar-refractivity contribution in [2.24, 2.45) is 0 Å². The Morgan fingerprint density at radius 3 is 2.40 bits per heavy atom. The van der Waals surface area contributed by atoms with Crippen LogP contribution >= 0.6 is 0 Å². The molecule has 1 saturated heterocycles. The van der Waals surface area contributed by atoms with Gasteiger partial charge in [0.05, 0.1) is 12.1 Å². The van der Waals surface area contributed by atoms with Gasteiger partial charge in [-0.1, -0.05) is 37.3 Å². The van der Waals surface area contributed by atoms with E-state index in [9.17, 15) is 4.79 Å². The fourth-order valence-corrected chi connectivity index (χ4v) is 4.54. The largest absolute Gasteiger partial charge is 0.331 e. The maximum absolute atomic E-state index is 12.5. The Morgan fingerprint density at radius 2 is 1.84 bits per heavy atom. The molecule has 2 amide bonds. The lowest BCUT2D eigenvalue weighted by Crippen LogP contribution is -2.49. The molecule has 1 aliphatic carbocycles. The first kappa shape index (κ1) is 17.8. The number of hydrogen-bond acceptors (Lipinski definition) is 1. The second-order valence-electron chi connectivity index (χ2n) is 8.49. The minimum absolute atomic E-state index is 0.000402. The van der Waals surface area contributed by atoms with Gasteiger partial charge in [-0.3, -0.25) is 0 Å². The topological polar surface area (TPSA) is 36.7 Å². The molecule has 1 aliphatic heterocycles. The number of hydrogen-bond donors (Lipinski definition) is 1. The lowest BCUT2D eigenvalue weighted by molar-refractivity contribution is 0.172. The Morgan fingerprint density at radius 1 is 1.20 bits per heavy atom. The first-order valence-electron chi connectivity index (χ1n) is 9.35. The molecule has 0 bridgehead atoms. The molecule has 1 heterocycles. The van der Waals surface area contributed by atoms with Crippen molar-refractivity contribution >= 4 is 6.03 Å². The van der Waals surface area contributed by atoms with E-state index in [1.165, 1.54) is 5.56 Å². The maximum Gasteiger partial charge on any atom is 0.318 e. The summed E-state index contributed by atoms with van der Waals surface area (Å²) in [4.78, 5) is 18.0. The third kappa shape index (κ3) is 3.38. The van der Waals surface area contributed by atoms with Crippen molar-refractivity contribution in [2.45, 2.75) is 69.4 Å². The van der Waals surface area contributed by atoms with Crippen molar-refractivity contribution in [3.63, 3.8) is 0 Å². The van der Waals surface area contributed by atoms with Gasteiger partial charge in [-0.25, -0.2) is 11.4 Å². The molecule has 2 aliphatic rings. The minimum Gasteiger partial charge on any atom is -0.331 e. The Labute approximate surface area is 151 Å². The van der Waals surface area contributed by atoms with Gasteiger partial charge >= 0.3 is 6.03 Å². The van der Waals surface area contributed by atoms with Crippen molar-refractivity contribution in [3.8, 4) is 0 Å². The summed E-state index contributed by atoms with van der Waals surface area (Å²) in [6.07, 6.45) is 5.37. The van der Waals surface area contributed by atoms with Gasteiger partial charge < -0.3 is 15.1 Å². The summed E-state index contributed by atoms with van der Waals surface area (Å²) in [7, 11) is 0. The van der Waals surface area contributed by atoms with E-state index in [1.54, 1.807) is 0 Å². The van der Waals surface area contributed by atoms with Gasteiger partial charge in [0.25, 0.3) is 0 Å². The predicted molar refractivity (Wildman–Crippen MR) is 100 cm³/mol. The molecule has 4 nitrogen and oxygen atoms in total. The number of rotatable bonds is 4. The quantitative estimate of drug-likeness (QED) is 0.813. The summed E-state index contributed by atoms with van der Waals surface area (Å²) < 4.78 is 0. The zero-order chi connectivity index (χ0) is 18.1. The summed E-state index contributed by atoms with van der Waals surface area (Å²) in [5.74, 6) is 0. The molecule has 2 fully saturated rings. The number of carbonyl (C=O) groups is 1. The smallest absolute Gasteiger partial charge is 0.318 e. The molecule has 3 rings (SSSR count). The highest BCUT2D eigenvalue weighted by Crippen LogP contribution is 2.46. The Hall–Kier alpha value is -2.02. The third-order valence-corrected chi connectivity index (χ3v) is 6.26. The van der Waals surface area contributed by atoms with Gasteiger partial charge in [-0.15, -0.1) is 0 Å². The number of amides is 2. The van der Waals surface area contributed by atoms with E-state index in [-0.39, 0.29) is 17.0 Å². The Balaban J connectivity index is 1.72. The van der Waals surface area contributed by atoms with E-state index < -0.39 is 5.54 Å². The van der Waals surface area contributed by atoms with Crippen LogP contribution in [0.2, 0.25) is 0 Å². The summed E-state index contributed by atoms with van der Waals surface area (Å²) in [5, 5.41) is 3.26. The van der Waals surface area contributed by atoms with E-state index in [2.05, 4.69) is 47.4 Å². The van der Waals surface area contributed by atoms with Crippen molar-refractivity contribution in [1.82, 2.24) is 10.2 Å². The normalized spacial score (nSPS) is 29.5. The highest BCUT2D eigenvalue weighted by molar-refractivity contribution is 5.78. The number of carbonyl (C=O) groups excluding carboxylic acids is 1. The molecule has 1 spiro atoms. The van der Waals surface area contributed by atoms with E-state index in [1.807, 2.05) is 18.7 Å². The summed E-state index contributed by atoms with van der Waals surface area (Å²) in [6.45, 7) is 14.6. The second-order valence-corrected chi connectivity index (χ2v) is 8.49. The molecule has 0 unspecified atom stereocenters. The molecule has 0 aromatic heterocycles. The predicted octanol–water partition coefficient (Wildman–Crippen LogP) is 4.37. The fraction of sp³-hybridized carbons (Fsp3) is 0.619. The van der Waals surface area contributed by atoms with E-state index in [0.29, 0.717) is 6.54 Å². The molecule has 1 aromatic rings. The number of urea groups is 1. The summed E-state index contributed by atoms with van der Waals surface area (Å²) in [6, 6.07) is 10.8. The van der Waals surface area contributed by atoms with Crippen molar-refractivity contribution in [3.05, 3.63) is 47.3 Å². The molecule has 25 heavy (non-hydrogen) atoms. The van der Waals surface area contributed by atoms with Crippen LogP contribution in [0.25, 0.3) is 4.85 Å². The number of nitrogens with one attached hydrogen (secondary N) is 1. The molecule has 1 saturated carbocycles. The molecular weight excluding hydrogens is 310 g/mol. The maximum atomic E-state index is 12.5. The van der Waals surface area contributed by atoms with Crippen LogP contribution in [0.3, 0.4) is 0 Å². The summed E-state index contributed by atoms with van der Waals surface area (Å²) >= 11 is 0. The Kier molecular flexibility index (Phi) is 4.53. The molecule has 0 radical (unpaired) electrons. The van der Waals surface area contributed by atoms with Gasteiger partial charge in [0.15, 0.2) is 0 Å². The monoisotopic (exact) mass is 339 g/mol. The molecule has 1 N–H and O–H groups in total. The van der Waals surface area contributed by atoms with Gasteiger partial charge in [-0.05, 0) is 43.1 Å². The van der Waals surface area contributed by atoms with Gasteiger partial charge in [0.2, 0.25) is 5.54 Å². The van der Waals surface area contributed by atoms with Crippen LogP contribution in [0.4, 0.5) is 4.79 Å². The lowest BCUT2D eigenvalue weighted by Gasteiger charge is -2.44. The van der Waals surface area contributed by atoms with E-state index >= 15 is 0 Å². The van der Waals surface area contributed by atoms with Crippen LogP contribution in [-0.4, -0.2) is 35.1 Å². The molecular formula is C21H29N3O. The van der Waals surface area contributed by atoms with E-state index in [0.717, 1.165) is 38.6 Å². The van der Waals surface area contributed by atoms with Gasteiger partial charge in [0, 0.05) is 20.4 Å². The summed E-state index contributed by atoms with van der Waals surface area (Å²) in [5.41, 5.74) is 1.04. The van der Waals surface area contributed by atoms with Crippen molar-refractivity contribution in [1.29, 1.82) is 0 Å². The average Bonchev–Trinajstić information content (AvgIpc) is 2.91. The van der Waals surface area contributed by atoms with Crippen LogP contribution in [0.15, 0.2) is 30.3 Å². The minimum atomic E-state index is -0.519. The van der Waals surface area contributed by atoms with Crippen LogP contribution in [0.1, 0.15) is 58.4 Å². The van der Waals surface area contributed by atoms with Crippen molar-refractivity contribution < 1.29 is 4.79 Å². The van der Waals surface area contributed by atoms with Gasteiger partial charge in [-0.2, -0.15) is 0 Å². The second kappa shape index (κ2) is 6.37. The van der Waals surface area contributed by atoms with Crippen molar-refractivity contribution in [2.75, 3.05) is 13.1 Å². The Bertz CT molecular complexity index is 666. The third-order valence-electron chi connectivity index (χ3n) is 6.26. The molecule has 1 aromatic carbocycles. The first-order valence-corrected chi connectivity index (χ1v) is 9.35. The zero-order valence-electron chi connectivity index (χ0n) is 15.6. The van der Waals surface area contributed by atoms with Gasteiger partial charge in [0.1, 0.15) is 0 Å². The van der Waals surface area contributed by atoms with Crippen LogP contribution < -0.4 is 5.32 Å². The highest BCUT2D eigenvalue weighted by atomic mass is 16.2. The van der Waals surface area contributed by atoms with E-state index in [4.69, 9.17) is 6.57 Å². The highest BCUT2D eigenvalue weighted by Gasteiger charge is 2.49.